The van der Waals surface area contributed by atoms with Crippen LogP contribution in [0.3, 0.4) is 0 Å². The van der Waals surface area contributed by atoms with Gasteiger partial charge >= 0.3 is 12.0 Å². The first-order valence-corrected chi connectivity index (χ1v) is 8.24. The number of aryl methyl sites for hydroxylation is 1. The quantitative estimate of drug-likeness (QED) is 0.820. The minimum Gasteiger partial charge on any atom is -0.467 e. The van der Waals surface area contributed by atoms with Crippen LogP contribution in [0.5, 0.6) is 0 Å². The summed E-state index contributed by atoms with van der Waals surface area (Å²) in [5.74, 6) is -0.118. The largest absolute Gasteiger partial charge is 0.467 e. The molecular weight excluding hydrogens is 292 g/mol. The molecule has 1 aliphatic rings. The van der Waals surface area contributed by atoms with Gasteiger partial charge < -0.3 is 15.4 Å². The zero-order valence-corrected chi connectivity index (χ0v) is 14.1. The van der Waals surface area contributed by atoms with E-state index in [1.807, 2.05) is 26.0 Å². The summed E-state index contributed by atoms with van der Waals surface area (Å²) in [5, 5.41) is 5.75. The van der Waals surface area contributed by atoms with Crippen molar-refractivity contribution in [2.45, 2.75) is 51.6 Å². The van der Waals surface area contributed by atoms with Crippen molar-refractivity contribution in [2.75, 3.05) is 7.11 Å². The maximum Gasteiger partial charge on any atom is 0.328 e. The number of ether oxygens (including phenoxy) is 1. The minimum atomic E-state index is -0.612. The fraction of sp³-hybridized carbons (Fsp3) is 0.556. The summed E-state index contributed by atoms with van der Waals surface area (Å²) in [6, 6.07) is 7.26. The molecule has 0 unspecified atom stereocenters. The molecule has 126 valence electrons. The third kappa shape index (κ3) is 4.71. The third-order valence-corrected chi connectivity index (χ3v) is 4.17. The average molecular weight is 318 g/mol. The zero-order valence-electron chi connectivity index (χ0n) is 14.1. The average Bonchev–Trinajstić information content (AvgIpc) is 2.53. The third-order valence-electron chi connectivity index (χ3n) is 4.17. The number of hydrogen-bond acceptors (Lipinski definition) is 3. The number of benzene rings is 1. The van der Waals surface area contributed by atoms with Gasteiger partial charge in [-0.05, 0) is 42.7 Å². The molecule has 0 saturated carbocycles. The van der Waals surface area contributed by atoms with Crippen LogP contribution >= 0.6 is 0 Å². The monoisotopic (exact) mass is 318 g/mol. The van der Waals surface area contributed by atoms with E-state index in [-0.39, 0.29) is 18.0 Å². The Bertz CT molecular complexity index is 557. The molecule has 1 aliphatic carbocycles. The maximum atomic E-state index is 12.3. The molecule has 2 amide bonds. The summed E-state index contributed by atoms with van der Waals surface area (Å²) in [4.78, 5) is 24.1. The van der Waals surface area contributed by atoms with Crippen molar-refractivity contribution in [3.63, 3.8) is 0 Å². The van der Waals surface area contributed by atoms with Crippen molar-refractivity contribution in [1.29, 1.82) is 0 Å². The summed E-state index contributed by atoms with van der Waals surface area (Å²) < 4.78 is 4.78. The number of methoxy groups -OCH3 is 1. The standard InChI is InChI=1S/C18H26N2O3/c1-12(2)11-16(17(21)23-3)20-18(22)19-15-10-6-8-13-7-4-5-9-14(13)15/h4-5,7,9,12,15-16H,6,8,10-11H2,1-3H3,(H2,19,20,22)/t15-,16-/m0/s1. The Morgan fingerprint density at radius 3 is 2.74 bits per heavy atom. The van der Waals surface area contributed by atoms with Crippen LogP contribution in [0.15, 0.2) is 24.3 Å². The van der Waals surface area contributed by atoms with Gasteiger partial charge in [0, 0.05) is 0 Å². The second kappa shape index (κ2) is 7.99. The van der Waals surface area contributed by atoms with Gasteiger partial charge in [0.15, 0.2) is 0 Å². The van der Waals surface area contributed by atoms with Gasteiger partial charge in [0.25, 0.3) is 0 Å². The topological polar surface area (TPSA) is 67.4 Å². The maximum absolute atomic E-state index is 12.3. The molecule has 5 heteroatoms. The molecule has 0 heterocycles. The highest BCUT2D eigenvalue weighted by Crippen LogP contribution is 2.29. The summed E-state index contributed by atoms with van der Waals surface area (Å²) >= 11 is 0. The van der Waals surface area contributed by atoms with Gasteiger partial charge in [0.05, 0.1) is 13.2 Å². The number of hydrogen-bond donors (Lipinski definition) is 2. The highest BCUT2D eigenvalue weighted by Gasteiger charge is 2.25. The van der Waals surface area contributed by atoms with Gasteiger partial charge in [0.1, 0.15) is 6.04 Å². The lowest BCUT2D eigenvalue weighted by atomic mass is 9.88. The van der Waals surface area contributed by atoms with Crippen molar-refractivity contribution < 1.29 is 14.3 Å². The van der Waals surface area contributed by atoms with Crippen LogP contribution in [0.2, 0.25) is 0 Å². The van der Waals surface area contributed by atoms with E-state index in [9.17, 15) is 9.59 Å². The molecule has 2 rings (SSSR count). The number of carbonyl (C=O) groups is 2. The first-order valence-electron chi connectivity index (χ1n) is 8.24. The Labute approximate surface area is 137 Å². The molecule has 2 N–H and O–H groups in total. The van der Waals surface area contributed by atoms with Gasteiger partial charge in [-0.25, -0.2) is 9.59 Å². The van der Waals surface area contributed by atoms with Gasteiger partial charge in [-0.15, -0.1) is 0 Å². The van der Waals surface area contributed by atoms with E-state index >= 15 is 0 Å². The van der Waals surface area contributed by atoms with E-state index in [0.717, 1.165) is 19.3 Å². The first-order chi connectivity index (χ1) is 11.0. The summed E-state index contributed by atoms with van der Waals surface area (Å²) in [6.45, 7) is 4.01. The minimum absolute atomic E-state index is 0.00250. The highest BCUT2D eigenvalue weighted by atomic mass is 16.5. The Hall–Kier alpha value is -2.04. The molecule has 0 radical (unpaired) electrons. The molecule has 0 aliphatic heterocycles. The van der Waals surface area contributed by atoms with E-state index in [1.165, 1.54) is 18.2 Å². The van der Waals surface area contributed by atoms with Crippen LogP contribution in [-0.4, -0.2) is 25.2 Å². The van der Waals surface area contributed by atoms with Crippen molar-refractivity contribution >= 4 is 12.0 Å². The number of fused-ring (bicyclic) bond motifs is 1. The van der Waals surface area contributed by atoms with Gasteiger partial charge in [-0.3, -0.25) is 0 Å². The number of amides is 2. The number of rotatable bonds is 5. The van der Waals surface area contributed by atoms with Crippen molar-refractivity contribution in [2.24, 2.45) is 5.92 Å². The van der Waals surface area contributed by atoms with Crippen LogP contribution in [-0.2, 0) is 16.0 Å². The summed E-state index contributed by atoms with van der Waals surface area (Å²) in [5.41, 5.74) is 2.46. The van der Waals surface area contributed by atoms with E-state index in [2.05, 4.69) is 22.8 Å². The second-order valence-corrected chi connectivity index (χ2v) is 6.47. The molecule has 0 spiro atoms. The number of urea groups is 1. The molecule has 1 aromatic carbocycles. The molecule has 0 bridgehead atoms. The molecule has 0 saturated heterocycles. The van der Waals surface area contributed by atoms with Crippen LogP contribution in [0.25, 0.3) is 0 Å². The van der Waals surface area contributed by atoms with Crippen LogP contribution in [0.4, 0.5) is 4.79 Å². The smallest absolute Gasteiger partial charge is 0.328 e. The van der Waals surface area contributed by atoms with Crippen LogP contribution in [0, 0.1) is 5.92 Å². The lowest BCUT2D eigenvalue weighted by Crippen LogP contribution is -2.48. The van der Waals surface area contributed by atoms with Gasteiger partial charge in [-0.1, -0.05) is 38.1 Å². The molecular formula is C18H26N2O3. The molecule has 0 fully saturated rings. The second-order valence-electron chi connectivity index (χ2n) is 6.47. The first kappa shape index (κ1) is 17.3. The van der Waals surface area contributed by atoms with E-state index < -0.39 is 12.0 Å². The van der Waals surface area contributed by atoms with Gasteiger partial charge in [-0.2, -0.15) is 0 Å². The Morgan fingerprint density at radius 1 is 1.30 bits per heavy atom. The molecule has 2 atom stereocenters. The zero-order chi connectivity index (χ0) is 16.8. The number of carbonyl (C=O) groups excluding carboxylic acids is 2. The molecule has 0 aromatic heterocycles. The lowest BCUT2D eigenvalue weighted by molar-refractivity contribution is -0.143. The number of esters is 1. The van der Waals surface area contributed by atoms with Crippen molar-refractivity contribution in [3.8, 4) is 0 Å². The normalized spacial score (nSPS) is 18.0. The Kier molecular flexibility index (Phi) is 6.02. The van der Waals surface area contributed by atoms with Crippen LogP contribution in [0.1, 0.15) is 50.3 Å². The molecule has 23 heavy (non-hydrogen) atoms. The van der Waals surface area contributed by atoms with Crippen molar-refractivity contribution in [1.82, 2.24) is 10.6 Å². The molecule has 1 aromatic rings. The molecule has 5 nitrogen and oxygen atoms in total. The van der Waals surface area contributed by atoms with Gasteiger partial charge in [0.2, 0.25) is 0 Å². The lowest BCUT2D eigenvalue weighted by Gasteiger charge is -2.27. The predicted molar refractivity (Wildman–Crippen MR) is 89.0 cm³/mol. The predicted octanol–water partition coefficient (Wildman–Crippen LogP) is 2.95. The summed E-state index contributed by atoms with van der Waals surface area (Å²) in [6.07, 6.45) is 3.57. The fourth-order valence-corrected chi connectivity index (χ4v) is 3.09. The van der Waals surface area contributed by atoms with Crippen LogP contribution < -0.4 is 10.6 Å². The fourth-order valence-electron chi connectivity index (χ4n) is 3.09. The Balaban J connectivity index is 2.00. The van der Waals surface area contributed by atoms with Crippen molar-refractivity contribution in [3.05, 3.63) is 35.4 Å². The highest BCUT2D eigenvalue weighted by molar-refractivity contribution is 5.83. The number of nitrogens with one attached hydrogen (secondary N) is 2. The van der Waals surface area contributed by atoms with E-state index in [1.54, 1.807) is 0 Å². The SMILES string of the molecule is COC(=O)[C@H](CC(C)C)NC(=O)N[C@H]1CCCc2ccccc21. The van der Waals surface area contributed by atoms with E-state index in [0.29, 0.717) is 6.42 Å². The summed E-state index contributed by atoms with van der Waals surface area (Å²) in [7, 11) is 1.34. The van der Waals surface area contributed by atoms with E-state index in [4.69, 9.17) is 4.74 Å². The Morgan fingerprint density at radius 2 is 2.04 bits per heavy atom.